The summed E-state index contributed by atoms with van der Waals surface area (Å²) in [7, 11) is 0. The number of aliphatic imine (C=N–C) groups is 1. The predicted molar refractivity (Wildman–Crippen MR) is 130 cm³/mol. The second-order valence-corrected chi connectivity index (χ2v) is 9.71. The molecule has 166 valence electrons. The fourth-order valence-corrected chi connectivity index (χ4v) is 5.15. The molecule has 5 heteroatoms. The molecule has 1 fully saturated rings. The zero-order valence-corrected chi connectivity index (χ0v) is 18.9. The van der Waals surface area contributed by atoms with Crippen LogP contribution in [0.4, 0.5) is 11.4 Å². The number of rotatable bonds is 3. The number of carbonyl (C=O) groups is 2. The number of nitrogens with zero attached hydrogens (tertiary/aromatic N) is 3. The molecule has 0 N–H and O–H groups in total. The number of anilines is 1. The monoisotopic (exact) mass is 437 g/mol. The third-order valence-electron chi connectivity index (χ3n) is 6.51. The summed E-state index contributed by atoms with van der Waals surface area (Å²) >= 11 is 0. The molecule has 0 spiro atoms. The van der Waals surface area contributed by atoms with E-state index in [1.807, 2.05) is 66.7 Å². The Balaban J connectivity index is 1.69. The molecule has 0 saturated heterocycles. The van der Waals surface area contributed by atoms with Gasteiger partial charge in [0.1, 0.15) is 5.78 Å². The smallest absolute Gasteiger partial charge is 0.232 e. The molecular weight excluding hydrogens is 410 g/mol. The number of pyridine rings is 1. The van der Waals surface area contributed by atoms with E-state index in [2.05, 4.69) is 18.8 Å². The van der Waals surface area contributed by atoms with E-state index in [4.69, 9.17) is 4.99 Å². The highest BCUT2D eigenvalue weighted by atomic mass is 16.2. The Bertz CT molecular complexity index is 1220. The quantitative estimate of drug-likeness (QED) is 0.544. The molecule has 2 aromatic carbocycles. The van der Waals surface area contributed by atoms with Crippen molar-refractivity contribution in [3.63, 3.8) is 0 Å². The minimum absolute atomic E-state index is 0.0587. The molecule has 2 atom stereocenters. The molecule has 1 saturated carbocycles. The minimum Gasteiger partial charge on any atom is -0.301 e. The zero-order valence-electron chi connectivity index (χ0n) is 18.9. The Hall–Kier alpha value is -3.60. The second-order valence-electron chi connectivity index (χ2n) is 9.71. The number of hydrogen-bond acceptors (Lipinski definition) is 4. The van der Waals surface area contributed by atoms with Gasteiger partial charge in [-0.1, -0.05) is 62.4 Å². The Morgan fingerprint density at radius 3 is 2.52 bits per heavy atom. The fourth-order valence-electron chi connectivity index (χ4n) is 5.15. The molecule has 0 radical (unpaired) electrons. The van der Waals surface area contributed by atoms with Crippen molar-refractivity contribution in [1.29, 1.82) is 0 Å². The lowest BCUT2D eigenvalue weighted by molar-refractivity contribution is -0.124. The average molecular weight is 438 g/mol. The summed E-state index contributed by atoms with van der Waals surface area (Å²) in [4.78, 5) is 38.7. The van der Waals surface area contributed by atoms with Crippen LogP contribution >= 0.6 is 0 Å². The largest absolute Gasteiger partial charge is 0.301 e. The van der Waals surface area contributed by atoms with Crippen LogP contribution in [-0.2, 0) is 16.0 Å². The molecule has 33 heavy (non-hydrogen) atoms. The molecule has 1 amide bonds. The number of benzene rings is 2. The summed E-state index contributed by atoms with van der Waals surface area (Å²) < 4.78 is 0. The van der Waals surface area contributed by atoms with Gasteiger partial charge in [-0.2, -0.15) is 0 Å². The van der Waals surface area contributed by atoms with E-state index in [1.54, 1.807) is 17.3 Å². The van der Waals surface area contributed by atoms with Gasteiger partial charge in [0, 0.05) is 24.5 Å². The van der Waals surface area contributed by atoms with Crippen LogP contribution in [0.25, 0.3) is 0 Å². The van der Waals surface area contributed by atoms with Crippen molar-refractivity contribution < 1.29 is 9.59 Å². The van der Waals surface area contributed by atoms with Crippen LogP contribution in [0.2, 0.25) is 0 Å². The van der Waals surface area contributed by atoms with Crippen LogP contribution in [-0.4, -0.2) is 22.4 Å². The number of hydrogen-bond donors (Lipinski definition) is 0. The van der Waals surface area contributed by atoms with Crippen LogP contribution in [0.15, 0.2) is 84.1 Å². The maximum Gasteiger partial charge on any atom is 0.232 e. The molecule has 3 aromatic rings. The first-order valence-electron chi connectivity index (χ1n) is 11.4. The number of aromatic nitrogens is 1. The van der Waals surface area contributed by atoms with Gasteiger partial charge >= 0.3 is 0 Å². The van der Waals surface area contributed by atoms with E-state index < -0.39 is 12.0 Å². The number of carbonyl (C=O) groups excluding carboxylic acids is 2. The summed E-state index contributed by atoms with van der Waals surface area (Å²) in [5.41, 5.74) is 3.94. The minimum atomic E-state index is -0.491. The number of ketones is 1. The summed E-state index contributed by atoms with van der Waals surface area (Å²) in [5.74, 6) is -0.421. The number of para-hydroxylation sites is 2. The van der Waals surface area contributed by atoms with Crippen molar-refractivity contribution in [3.8, 4) is 0 Å². The average Bonchev–Trinajstić information content (AvgIpc) is 2.94. The first-order valence-corrected chi connectivity index (χ1v) is 11.4. The molecule has 2 heterocycles. The Morgan fingerprint density at radius 2 is 1.76 bits per heavy atom. The summed E-state index contributed by atoms with van der Waals surface area (Å²) in [6, 6.07) is 20.8. The van der Waals surface area contributed by atoms with E-state index >= 15 is 0 Å². The molecule has 0 bridgehead atoms. The standard InChI is InChI=1S/C28H27N3O2/c1-28(2)16-22-26(24(32)17-28)27(20-11-8-14-29-18-20)31(23-13-7-6-12-21(23)30-22)25(33)15-19-9-4-3-5-10-19/h3-14,18,26-27H,15-17H2,1-2H3. The van der Waals surface area contributed by atoms with Crippen LogP contribution in [0.5, 0.6) is 0 Å². The third kappa shape index (κ3) is 4.11. The molecular formula is C28H27N3O2. The molecule has 1 aliphatic carbocycles. The molecule has 1 aromatic heterocycles. The predicted octanol–water partition coefficient (Wildman–Crippen LogP) is 5.49. The first kappa shape index (κ1) is 21.3. The fraction of sp³-hybridized carbons (Fsp3) is 0.286. The van der Waals surface area contributed by atoms with Gasteiger partial charge in [-0.15, -0.1) is 0 Å². The highest BCUT2D eigenvalue weighted by Gasteiger charge is 2.47. The van der Waals surface area contributed by atoms with Gasteiger partial charge in [0.2, 0.25) is 5.91 Å². The van der Waals surface area contributed by atoms with Gasteiger partial charge in [0.25, 0.3) is 0 Å². The SMILES string of the molecule is CC1(C)CC(=O)C2C(=Nc3ccccc3N(C(=O)Cc3ccccc3)C2c2cccnc2)C1. The first-order chi connectivity index (χ1) is 15.9. The van der Waals surface area contributed by atoms with Gasteiger partial charge in [0.05, 0.1) is 29.8 Å². The van der Waals surface area contributed by atoms with Gasteiger partial charge in [-0.05, 0) is 41.2 Å². The number of Topliss-reactive ketones (excluding diaryl/α,β-unsaturated/α-hetero) is 1. The summed E-state index contributed by atoms with van der Waals surface area (Å²) in [6.45, 7) is 4.22. The van der Waals surface area contributed by atoms with Crippen molar-refractivity contribution in [2.45, 2.75) is 39.2 Å². The Morgan fingerprint density at radius 1 is 1.00 bits per heavy atom. The van der Waals surface area contributed by atoms with Gasteiger partial charge in [0.15, 0.2) is 0 Å². The molecule has 1 aliphatic heterocycles. The summed E-state index contributed by atoms with van der Waals surface area (Å²) in [6.07, 6.45) is 4.91. The van der Waals surface area contributed by atoms with Crippen molar-refractivity contribution >= 4 is 28.8 Å². The second kappa shape index (κ2) is 8.39. The van der Waals surface area contributed by atoms with Gasteiger partial charge in [-0.25, -0.2) is 0 Å². The van der Waals surface area contributed by atoms with E-state index in [0.29, 0.717) is 6.42 Å². The third-order valence-corrected chi connectivity index (χ3v) is 6.51. The van der Waals surface area contributed by atoms with E-state index in [1.165, 1.54) is 0 Å². The maximum atomic E-state index is 13.9. The molecule has 2 unspecified atom stereocenters. The van der Waals surface area contributed by atoms with E-state index in [9.17, 15) is 9.59 Å². The maximum absolute atomic E-state index is 13.9. The molecule has 2 aliphatic rings. The van der Waals surface area contributed by atoms with Crippen LogP contribution < -0.4 is 4.90 Å². The highest BCUT2D eigenvalue weighted by Crippen LogP contribution is 2.48. The van der Waals surface area contributed by atoms with Crippen molar-refractivity contribution in [1.82, 2.24) is 4.98 Å². The van der Waals surface area contributed by atoms with E-state index in [-0.39, 0.29) is 23.5 Å². The van der Waals surface area contributed by atoms with Crippen molar-refractivity contribution in [2.24, 2.45) is 16.3 Å². The Kier molecular flexibility index (Phi) is 5.41. The lowest BCUT2D eigenvalue weighted by Crippen LogP contribution is -2.47. The lowest BCUT2D eigenvalue weighted by Gasteiger charge is -2.40. The molecule has 5 rings (SSSR count). The topological polar surface area (TPSA) is 62.6 Å². The molecule has 5 nitrogen and oxygen atoms in total. The number of amides is 1. The van der Waals surface area contributed by atoms with E-state index in [0.717, 1.165) is 34.6 Å². The lowest BCUT2D eigenvalue weighted by atomic mass is 9.68. The Labute approximate surface area is 194 Å². The zero-order chi connectivity index (χ0) is 23.0. The van der Waals surface area contributed by atoms with Gasteiger partial charge < -0.3 is 4.90 Å². The number of fused-ring (bicyclic) bond motifs is 2. The summed E-state index contributed by atoms with van der Waals surface area (Å²) in [5, 5.41) is 0. The van der Waals surface area contributed by atoms with Gasteiger partial charge in [-0.3, -0.25) is 19.6 Å². The highest BCUT2D eigenvalue weighted by molar-refractivity contribution is 6.13. The van der Waals surface area contributed by atoms with Crippen molar-refractivity contribution in [2.75, 3.05) is 4.90 Å². The van der Waals surface area contributed by atoms with Crippen LogP contribution in [0.1, 0.15) is 43.9 Å². The normalized spacial score (nSPS) is 21.5. The van der Waals surface area contributed by atoms with Crippen LogP contribution in [0.3, 0.4) is 0 Å². The van der Waals surface area contributed by atoms with Crippen LogP contribution in [0, 0.1) is 11.3 Å². The van der Waals surface area contributed by atoms with Crippen molar-refractivity contribution in [3.05, 3.63) is 90.3 Å².